The molecule has 6 aliphatic rings. The molecule has 8 nitrogen and oxygen atoms in total. The van der Waals surface area contributed by atoms with Crippen LogP contribution in [0.4, 0.5) is 0 Å². The zero-order valence-electron chi connectivity index (χ0n) is 33.2. The molecule has 4 heterocycles. The third kappa shape index (κ3) is 9.87. The van der Waals surface area contributed by atoms with Gasteiger partial charge in [-0.15, -0.1) is 0 Å². The Balaban J connectivity index is 0.000000144. The molecule has 4 aliphatic heterocycles. The van der Waals surface area contributed by atoms with Crippen molar-refractivity contribution in [2.45, 2.75) is 76.0 Å². The molecule has 4 aromatic carbocycles. The van der Waals surface area contributed by atoms with E-state index in [9.17, 15) is 19.8 Å². The van der Waals surface area contributed by atoms with Crippen LogP contribution in [0.3, 0.4) is 0 Å². The van der Waals surface area contributed by atoms with Gasteiger partial charge in [-0.3, -0.25) is 14.8 Å². The molecule has 2 aliphatic carbocycles. The fourth-order valence-corrected chi connectivity index (χ4v) is 8.71. The van der Waals surface area contributed by atoms with Gasteiger partial charge >= 0.3 is 5.97 Å². The van der Waals surface area contributed by atoms with Gasteiger partial charge < -0.3 is 24.8 Å². The third-order valence-electron chi connectivity index (χ3n) is 11.3. The van der Waals surface area contributed by atoms with Crippen LogP contribution in [-0.2, 0) is 9.59 Å². The van der Waals surface area contributed by atoms with Gasteiger partial charge in [0.15, 0.2) is 0 Å². The first-order valence-corrected chi connectivity index (χ1v) is 19.9. The van der Waals surface area contributed by atoms with Gasteiger partial charge in [0.25, 0.3) is 0 Å². The fraction of sp³-hybridized carbons (Fsp3) is 0.391. The van der Waals surface area contributed by atoms with E-state index in [0.29, 0.717) is 0 Å². The van der Waals surface area contributed by atoms with E-state index in [1.165, 1.54) is 102 Å². The molecule has 0 atom stereocenters. The fourth-order valence-electron chi connectivity index (χ4n) is 8.71. The second-order valence-corrected chi connectivity index (χ2v) is 14.8. The largest absolute Gasteiger partial charge is 0.549 e. The van der Waals surface area contributed by atoms with Crippen LogP contribution in [0.5, 0.6) is 0 Å². The van der Waals surface area contributed by atoms with Crippen LogP contribution in [0.15, 0.2) is 107 Å². The summed E-state index contributed by atoms with van der Waals surface area (Å²) in [5, 5.41) is 20.5. The van der Waals surface area contributed by atoms with E-state index in [1.54, 1.807) is 0 Å². The Morgan fingerprint density at radius 2 is 0.893 bits per heavy atom. The Kier molecular flexibility index (Phi) is 15.5. The zero-order chi connectivity index (χ0) is 39.3. The van der Waals surface area contributed by atoms with Gasteiger partial charge in [0, 0.05) is 97.5 Å². The number of fused-ring (bicyclic) bond motifs is 8. The Morgan fingerprint density at radius 3 is 1.25 bits per heavy atom. The summed E-state index contributed by atoms with van der Waals surface area (Å²) in [5.74, 6) is -0.142. The zero-order valence-corrected chi connectivity index (χ0v) is 36.4. The number of nitrogens with zero attached hydrogens (tertiary/aromatic N) is 4. The number of aliphatic imine (C=N–C) groups is 2. The molecule has 0 spiro atoms. The molecule has 288 valence electrons. The van der Waals surface area contributed by atoms with Crippen molar-refractivity contribution >= 4 is 32.0 Å². The minimum atomic E-state index is -1.03. The molecule has 10 heteroatoms. The van der Waals surface area contributed by atoms with Crippen LogP contribution in [-0.4, -0.2) is 87.5 Å². The summed E-state index contributed by atoms with van der Waals surface area (Å²) >= 11 is 0. The second kappa shape index (κ2) is 20.9. The Labute approximate surface area is 358 Å². The van der Waals surface area contributed by atoms with E-state index in [2.05, 4.69) is 28.2 Å². The first-order valence-electron chi connectivity index (χ1n) is 20.5. The Morgan fingerprint density at radius 1 is 0.554 bits per heavy atom. The van der Waals surface area contributed by atoms with E-state index in [-0.39, 0.29) is 31.1 Å². The molecule has 0 amide bonds. The van der Waals surface area contributed by atoms with Gasteiger partial charge in [0.1, 0.15) is 5.92 Å². The van der Waals surface area contributed by atoms with E-state index in [1.807, 2.05) is 97.1 Å². The first-order chi connectivity index (χ1) is 27.5. The summed E-state index contributed by atoms with van der Waals surface area (Å²) in [7, 11) is 3.75. The molecule has 56 heavy (non-hydrogen) atoms. The smallest absolute Gasteiger partial charge is 0.315 e. The molecule has 2 saturated heterocycles. The quantitative estimate of drug-likeness (QED) is 0.215. The number of carbonyl (C=O) groups excluding carboxylic acids is 1. The molecule has 1 N–H and O–H groups in total. The van der Waals surface area contributed by atoms with Crippen LogP contribution >= 0.6 is 0 Å². The molecule has 0 saturated carbocycles. The predicted molar refractivity (Wildman–Crippen MR) is 221 cm³/mol. The topological polar surface area (TPSA) is 109 Å². The molecule has 10 rings (SSSR count). The SMILES string of the molecule is C1CCC2=NCCCN2CC1.C1CCC2=NCCCN2CC1.O=C(O)C1c2ccccc2-c2ccccc21.O=C([O-])C1c2ccccc2-c2ccccc21.[2H][B].[U]. The van der Waals surface area contributed by atoms with Crippen molar-refractivity contribution in [3.05, 3.63) is 119 Å². The maximum atomic E-state index is 11.3. The maximum absolute atomic E-state index is 11.3. The van der Waals surface area contributed by atoms with Crippen LogP contribution in [0.2, 0.25) is 0 Å². The van der Waals surface area contributed by atoms with Gasteiger partial charge in [-0.1, -0.05) is 110 Å². The molecule has 0 unspecified atom stereocenters. The number of aliphatic carboxylic acids is 2. The van der Waals surface area contributed by atoms with Crippen molar-refractivity contribution in [2.75, 3.05) is 39.3 Å². The van der Waals surface area contributed by atoms with E-state index in [4.69, 9.17) is 1.34 Å². The first kappa shape index (κ1) is 41.5. The Bertz CT molecular complexity index is 1790. The van der Waals surface area contributed by atoms with E-state index < -0.39 is 23.8 Å². The molecule has 2 radical (unpaired) electrons. The molecule has 0 aromatic heterocycles. The van der Waals surface area contributed by atoms with Crippen LogP contribution < -0.4 is 5.11 Å². The summed E-state index contributed by atoms with van der Waals surface area (Å²) < 4.78 is 5.25. The van der Waals surface area contributed by atoms with Gasteiger partial charge in [-0.25, -0.2) is 0 Å². The molecule has 0 bridgehead atoms. The summed E-state index contributed by atoms with van der Waals surface area (Å²) in [6, 6.07) is 30.6. The Hall–Kier alpha value is -4.12. The second-order valence-electron chi connectivity index (χ2n) is 14.8. The van der Waals surface area contributed by atoms with Crippen molar-refractivity contribution in [3.63, 3.8) is 0 Å². The van der Waals surface area contributed by atoms with Crippen molar-refractivity contribution < 1.29 is 50.9 Å². The molecule has 2 fully saturated rings. The van der Waals surface area contributed by atoms with Crippen LogP contribution in [0.1, 0.15) is 98.3 Å². The summed E-state index contributed by atoms with van der Waals surface area (Å²) in [6.45, 7) is 7.20. The molecular formula is C46H52BN4O4U-. The van der Waals surface area contributed by atoms with Crippen molar-refractivity contribution in [1.82, 2.24) is 9.80 Å². The van der Waals surface area contributed by atoms with Crippen LogP contribution in [0, 0.1) is 31.1 Å². The molecule has 4 aromatic rings. The average molecular weight is 975 g/mol. The summed E-state index contributed by atoms with van der Waals surface area (Å²) in [6.07, 6.45) is 13.3. The molecular weight excluding hydrogens is 921 g/mol. The number of carboxylic acids is 2. The van der Waals surface area contributed by atoms with Crippen molar-refractivity contribution in [3.8, 4) is 22.3 Å². The summed E-state index contributed by atoms with van der Waals surface area (Å²) in [4.78, 5) is 36.6. The van der Waals surface area contributed by atoms with Crippen LogP contribution in [0.25, 0.3) is 22.3 Å². The number of hydrogen-bond acceptors (Lipinski definition) is 7. The van der Waals surface area contributed by atoms with Crippen molar-refractivity contribution in [2.24, 2.45) is 9.98 Å². The number of carbonyl (C=O) groups is 2. The number of benzene rings is 4. The summed E-state index contributed by atoms with van der Waals surface area (Å²) in [5.41, 5.74) is 7.58. The van der Waals surface area contributed by atoms with E-state index >= 15 is 0 Å². The number of hydrogen-bond donors (Lipinski definition) is 1. The van der Waals surface area contributed by atoms with Gasteiger partial charge in [-0.05, 0) is 84.4 Å². The average Bonchev–Trinajstić information content (AvgIpc) is 3.49. The van der Waals surface area contributed by atoms with Crippen molar-refractivity contribution in [1.29, 1.82) is 1.34 Å². The monoisotopic (exact) mass is 974 g/mol. The van der Waals surface area contributed by atoms with Gasteiger partial charge in [0.05, 0.1) is 17.6 Å². The minimum absolute atomic E-state index is 0. The minimum Gasteiger partial charge on any atom is -0.549 e. The standard InChI is InChI=1S/2C14H10O2.2C9H16N2.BH.U/c2*15-14(16)13-11-7-3-1-5-9(11)10-6-2-4-8-12(10)13;2*1-2-5-9-10-6-4-8-11(9)7-3-1;;/h2*1-8,13H,(H,15,16);2*1-8H2;1H;/p-1/i;;;;1D;. The van der Waals surface area contributed by atoms with Gasteiger partial charge in [-0.2, -0.15) is 0 Å². The van der Waals surface area contributed by atoms with E-state index in [0.717, 1.165) is 57.6 Å². The predicted octanol–water partition coefficient (Wildman–Crippen LogP) is 7.11. The third-order valence-corrected chi connectivity index (χ3v) is 11.3. The number of carboxylic acid groups (broad SMARTS) is 2. The normalized spacial score (nSPS) is 17.7. The maximum Gasteiger partial charge on any atom is 0.315 e. The number of amidine groups is 2. The number of rotatable bonds is 2. The van der Waals surface area contributed by atoms with Gasteiger partial charge in [0.2, 0.25) is 0 Å².